The number of fused-ring (bicyclic) bond motifs is 1. The summed E-state index contributed by atoms with van der Waals surface area (Å²) >= 11 is 0. The fourth-order valence-corrected chi connectivity index (χ4v) is 2.28. The molecule has 24 heavy (non-hydrogen) atoms. The summed E-state index contributed by atoms with van der Waals surface area (Å²) in [6, 6.07) is 13.1. The number of anilines is 1. The van der Waals surface area contributed by atoms with E-state index in [0.717, 1.165) is 0 Å². The topological polar surface area (TPSA) is 84.9 Å². The molecule has 0 saturated carbocycles. The van der Waals surface area contributed by atoms with E-state index in [4.69, 9.17) is 9.57 Å². The molecule has 0 fully saturated rings. The molecule has 0 aliphatic carbocycles. The van der Waals surface area contributed by atoms with Crippen LogP contribution < -0.4 is 10.1 Å². The number of hydrogen-bond donors (Lipinski definition) is 1. The van der Waals surface area contributed by atoms with Crippen molar-refractivity contribution in [2.75, 3.05) is 19.0 Å². The third kappa shape index (κ3) is 2.97. The first-order chi connectivity index (χ1) is 11.6. The van der Waals surface area contributed by atoms with Gasteiger partial charge in [-0.1, -0.05) is 12.1 Å². The van der Waals surface area contributed by atoms with Crippen molar-refractivity contribution in [1.29, 1.82) is 0 Å². The largest absolute Gasteiger partial charge is 0.497 e. The van der Waals surface area contributed by atoms with Crippen LogP contribution in [0.3, 0.4) is 0 Å². The van der Waals surface area contributed by atoms with Gasteiger partial charge >= 0.3 is 0 Å². The fraction of sp³-hybridized carbons (Fsp3) is 0.118. The van der Waals surface area contributed by atoms with Crippen LogP contribution in [0.25, 0.3) is 0 Å². The van der Waals surface area contributed by atoms with Gasteiger partial charge in [0.2, 0.25) is 0 Å². The second-order valence-corrected chi connectivity index (χ2v) is 5.00. The number of benzene rings is 2. The van der Waals surface area contributed by atoms with Gasteiger partial charge < -0.3 is 10.1 Å². The number of carbonyl (C=O) groups is 3. The van der Waals surface area contributed by atoms with Gasteiger partial charge in [-0.15, -0.1) is 5.06 Å². The molecule has 1 heterocycles. The molecule has 0 aromatic heterocycles. The summed E-state index contributed by atoms with van der Waals surface area (Å²) in [6.45, 7) is -0.461. The highest BCUT2D eigenvalue weighted by atomic mass is 16.7. The van der Waals surface area contributed by atoms with Crippen molar-refractivity contribution >= 4 is 23.4 Å². The summed E-state index contributed by atoms with van der Waals surface area (Å²) in [5.74, 6) is -0.979. The zero-order valence-electron chi connectivity index (χ0n) is 12.8. The van der Waals surface area contributed by atoms with Gasteiger partial charge in [0.15, 0.2) is 6.61 Å². The smallest absolute Gasteiger partial charge is 0.285 e. The van der Waals surface area contributed by atoms with Crippen LogP contribution in [-0.4, -0.2) is 36.5 Å². The Hall–Kier alpha value is -3.19. The van der Waals surface area contributed by atoms with Gasteiger partial charge in [0.05, 0.1) is 18.2 Å². The Labute approximate surface area is 137 Å². The number of ether oxygens (including phenoxy) is 1. The normalized spacial score (nSPS) is 13.0. The SMILES string of the molecule is COc1ccc(NC(=O)CON2C(=O)c3ccccc3C2=O)cc1. The van der Waals surface area contributed by atoms with Crippen LogP contribution >= 0.6 is 0 Å². The van der Waals surface area contributed by atoms with Gasteiger partial charge in [-0.2, -0.15) is 0 Å². The van der Waals surface area contributed by atoms with Crippen LogP contribution in [0.15, 0.2) is 48.5 Å². The van der Waals surface area contributed by atoms with Crippen LogP contribution in [0.5, 0.6) is 5.75 Å². The lowest BCUT2D eigenvalue weighted by Gasteiger charge is -2.13. The predicted octanol–water partition coefficient (Wildman–Crippen LogP) is 1.86. The number of carbonyl (C=O) groups excluding carboxylic acids is 3. The van der Waals surface area contributed by atoms with E-state index < -0.39 is 24.3 Å². The molecule has 2 aromatic carbocycles. The molecule has 3 rings (SSSR count). The van der Waals surface area contributed by atoms with E-state index in [1.54, 1.807) is 43.5 Å². The molecule has 0 radical (unpaired) electrons. The third-order valence-corrected chi connectivity index (χ3v) is 3.46. The highest BCUT2D eigenvalue weighted by molar-refractivity contribution is 6.20. The van der Waals surface area contributed by atoms with Gasteiger partial charge in [0.25, 0.3) is 17.7 Å². The quantitative estimate of drug-likeness (QED) is 0.848. The van der Waals surface area contributed by atoms with E-state index >= 15 is 0 Å². The number of imide groups is 1. The monoisotopic (exact) mass is 326 g/mol. The van der Waals surface area contributed by atoms with Crippen molar-refractivity contribution in [1.82, 2.24) is 5.06 Å². The van der Waals surface area contributed by atoms with Crippen LogP contribution in [0.2, 0.25) is 0 Å². The van der Waals surface area contributed by atoms with E-state index in [9.17, 15) is 14.4 Å². The van der Waals surface area contributed by atoms with Crippen molar-refractivity contribution < 1.29 is 24.0 Å². The maximum absolute atomic E-state index is 12.1. The standard InChI is InChI=1S/C17H14N2O5/c1-23-12-8-6-11(7-9-12)18-15(20)10-24-19-16(21)13-4-2-3-5-14(13)17(19)22/h2-9H,10H2,1H3,(H,18,20). The highest BCUT2D eigenvalue weighted by Gasteiger charge is 2.36. The molecule has 0 bridgehead atoms. The van der Waals surface area contributed by atoms with Gasteiger partial charge in [-0.25, -0.2) is 0 Å². The van der Waals surface area contributed by atoms with Crippen LogP contribution in [0, 0.1) is 0 Å². The Morgan fingerprint density at radius 3 is 2.12 bits per heavy atom. The summed E-state index contributed by atoms with van der Waals surface area (Å²) in [4.78, 5) is 41.1. The molecule has 7 heteroatoms. The second-order valence-electron chi connectivity index (χ2n) is 5.00. The molecule has 0 unspecified atom stereocenters. The third-order valence-electron chi connectivity index (χ3n) is 3.46. The van der Waals surface area contributed by atoms with Crippen molar-refractivity contribution in [3.63, 3.8) is 0 Å². The molecule has 1 aliphatic rings. The minimum atomic E-state index is -0.576. The van der Waals surface area contributed by atoms with Gasteiger partial charge in [0, 0.05) is 5.69 Å². The molecule has 0 saturated heterocycles. The van der Waals surface area contributed by atoms with E-state index in [1.165, 1.54) is 12.1 Å². The molecular weight excluding hydrogens is 312 g/mol. The second kappa shape index (κ2) is 6.51. The Balaban J connectivity index is 1.59. The number of nitrogens with zero attached hydrogens (tertiary/aromatic N) is 1. The van der Waals surface area contributed by atoms with Crippen LogP contribution in [0.4, 0.5) is 5.69 Å². The minimum absolute atomic E-state index is 0.262. The zero-order valence-corrected chi connectivity index (χ0v) is 12.8. The molecule has 2 aromatic rings. The van der Waals surface area contributed by atoms with Gasteiger partial charge in [-0.05, 0) is 36.4 Å². The number of hydrogen-bond acceptors (Lipinski definition) is 5. The summed E-state index contributed by atoms with van der Waals surface area (Å²) in [6.07, 6.45) is 0. The highest BCUT2D eigenvalue weighted by Crippen LogP contribution is 2.22. The van der Waals surface area contributed by atoms with Gasteiger partial charge in [0.1, 0.15) is 5.75 Å². The average molecular weight is 326 g/mol. The molecule has 122 valence electrons. The first-order valence-electron chi connectivity index (χ1n) is 7.15. The van der Waals surface area contributed by atoms with Gasteiger partial charge in [-0.3, -0.25) is 19.2 Å². The minimum Gasteiger partial charge on any atom is -0.497 e. The Bertz CT molecular complexity index is 766. The molecule has 7 nitrogen and oxygen atoms in total. The zero-order chi connectivity index (χ0) is 17.1. The first kappa shape index (κ1) is 15.7. The lowest BCUT2D eigenvalue weighted by Crippen LogP contribution is -2.33. The Kier molecular flexibility index (Phi) is 4.26. The Morgan fingerprint density at radius 1 is 1.00 bits per heavy atom. The van der Waals surface area contributed by atoms with E-state index in [0.29, 0.717) is 16.5 Å². The maximum Gasteiger partial charge on any atom is 0.285 e. The fourth-order valence-electron chi connectivity index (χ4n) is 2.28. The molecule has 3 amide bonds. The first-order valence-corrected chi connectivity index (χ1v) is 7.15. The van der Waals surface area contributed by atoms with Crippen LogP contribution in [0.1, 0.15) is 20.7 Å². The van der Waals surface area contributed by atoms with E-state index in [-0.39, 0.29) is 11.1 Å². The molecule has 0 atom stereocenters. The molecular formula is C17H14N2O5. The summed E-state index contributed by atoms with van der Waals surface area (Å²) in [7, 11) is 1.55. The summed E-state index contributed by atoms with van der Waals surface area (Å²) in [5, 5.41) is 3.21. The lowest BCUT2D eigenvalue weighted by molar-refractivity contribution is -0.134. The lowest BCUT2D eigenvalue weighted by atomic mass is 10.1. The number of hydroxylamine groups is 2. The van der Waals surface area contributed by atoms with Crippen molar-refractivity contribution in [2.45, 2.75) is 0 Å². The maximum atomic E-state index is 12.1. The summed E-state index contributed by atoms with van der Waals surface area (Å²) < 4.78 is 5.02. The van der Waals surface area contributed by atoms with Crippen LogP contribution in [-0.2, 0) is 9.63 Å². The van der Waals surface area contributed by atoms with Crippen molar-refractivity contribution in [2.24, 2.45) is 0 Å². The number of rotatable bonds is 5. The molecule has 0 spiro atoms. The van der Waals surface area contributed by atoms with Crippen molar-refractivity contribution in [3.05, 3.63) is 59.7 Å². The number of nitrogens with one attached hydrogen (secondary N) is 1. The predicted molar refractivity (Wildman–Crippen MR) is 84.5 cm³/mol. The molecule has 1 N–H and O–H groups in total. The Morgan fingerprint density at radius 2 is 1.58 bits per heavy atom. The molecule has 1 aliphatic heterocycles. The summed E-state index contributed by atoms with van der Waals surface area (Å²) in [5.41, 5.74) is 1.07. The number of methoxy groups -OCH3 is 1. The van der Waals surface area contributed by atoms with E-state index in [1.807, 2.05) is 0 Å². The average Bonchev–Trinajstić information content (AvgIpc) is 2.85. The number of amides is 3. The van der Waals surface area contributed by atoms with Crippen molar-refractivity contribution in [3.8, 4) is 5.75 Å². The van der Waals surface area contributed by atoms with E-state index in [2.05, 4.69) is 5.32 Å².